The maximum atomic E-state index is 10.5. The van der Waals surface area contributed by atoms with Crippen LogP contribution in [0.4, 0.5) is 0 Å². The normalized spacial score (nSPS) is 11.5. The van der Waals surface area contributed by atoms with Crippen molar-refractivity contribution in [2.45, 2.75) is 0 Å². The van der Waals surface area contributed by atoms with Crippen LogP contribution >= 0.6 is 11.3 Å². The number of hydrogen-bond donors (Lipinski definition) is 0. The van der Waals surface area contributed by atoms with E-state index >= 15 is 0 Å². The largest absolute Gasteiger partial charge is 0.455 e. The maximum Gasteiger partial charge on any atom is 0.143 e. The predicted octanol–water partition coefficient (Wildman–Crippen LogP) is 10.8. The average molecular weight is 528 g/mol. The fourth-order valence-electron chi connectivity index (χ4n) is 5.91. The number of fused-ring (bicyclic) bond motifs is 6. The van der Waals surface area contributed by atoms with Gasteiger partial charge in [0.2, 0.25) is 0 Å². The Balaban J connectivity index is 1.45. The SMILES string of the molecule is N#Cc1cc(-c2cccc3c2sc2ccccc23)c(-c2ccccc2)cc1-c1cccc2c1oc1ccccc12. The van der Waals surface area contributed by atoms with Gasteiger partial charge in [-0.05, 0) is 41.0 Å². The minimum atomic E-state index is 0.626. The van der Waals surface area contributed by atoms with Crippen LogP contribution in [0.25, 0.3) is 75.5 Å². The lowest BCUT2D eigenvalue weighted by Gasteiger charge is -2.16. The van der Waals surface area contributed by atoms with E-state index in [0.29, 0.717) is 5.56 Å². The number of furan rings is 1. The van der Waals surface area contributed by atoms with Crippen LogP contribution in [0.2, 0.25) is 0 Å². The van der Waals surface area contributed by atoms with E-state index in [4.69, 9.17) is 4.42 Å². The zero-order valence-corrected chi connectivity index (χ0v) is 22.2. The molecule has 3 heteroatoms. The number of rotatable bonds is 3. The van der Waals surface area contributed by atoms with Crippen molar-refractivity contribution < 1.29 is 4.42 Å². The van der Waals surface area contributed by atoms with Gasteiger partial charge >= 0.3 is 0 Å². The Hall–Kier alpha value is -5.17. The molecule has 0 unspecified atom stereocenters. The Bertz CT molecular complexity index is 2280. The molecule has 0 amide bonds. The van der Waals surface area contributed by atoms with Gasteiger partial charge < -0.3 is 4.42 Å². The lowest BCUT2D eigenvalue weighted by atomic mass is 9.87. The Morgan fingerprint density at radius 3 is 2.08 bits per heavy atom. The minimum Gasteiger partial charge on any atom is -0.455 e. The first-order chi connectivity index (χ1) is 19.8. The van der Waals surface area contributed by atoms with Crippen LogP contribution in [-0.4, -0.2) is 0 Å². The fraction of sp³-hybridized carbons (Fsp3) is 0. The van der Waals surface area contributed by atoms with Crippen molar-refractivity contribution in [2.75, 3.05) is 0 Å². The molecule has 2 heterocycles. The molecule has 0 N–H and O–H groups in total. The second-order valence-corrected chi connectivity index (χ2v) is 11.0. The van der Waals surface area contributed by atoms with Gasteiger partial charge in [0.05, 0.1) is 11.6 Å². The Morgan fingerprint density at radius 1 is 0.525 bits per heavy atom. The summed E-state index contributed by atoms with van der Waals surface area (Å²) < 4.78 is 8.88. The van der Waals surface area contributed by atoms with Gasteiger partial charge in [-0.1, -0.05) is 103 Å². The van der Waals surface area contributed by atoms with E-state index in [1.807, 2.05) is 35.6 Å². The molecular formula is C37H21NOS. The Morgan fingerprint density at radius 2 is 1.23 bits per heavy atom. The van der Waals surface area contributed by atoms with Crippen LogP contribution in [0.5, 0.6) is 0 Å². The predicted molar refractivity (Wildman–Crippen MR) is 168 cm³/mol. The van der Waals surface area contributed by atoms with E-state index in [1.165, 1.54) is 20.2 Å². The van der Waals surface area contributed by atoms with Crippen LogP contribution in [0.3, 0.4) is 0 Å². The van der Waals surface area contributed by atoms with Gasteiger partial charge in [0.1, 0.15) is 11.2 Å². The summed E-state index contributed by atoms with van der Waals surface area (Å²) in [6.45, 7) is 0. The number of benzene rings is 6. The molecule has 2 aromatic heterocycles. The van der Waals surface area contributed by atoms with Gasteiger partial charge in [-0.2, -0.15) is 5.26 Å². The molecular weight excluding hydrogens is 506 g/mol. The highest BCUT2D eigenvalue weighted by atomic mass is 32.1. The molecule has 0 aliphatic rings. The molecule has 0 spiro atoms. The third-order valence-electron chi connectivity index (χ3n) is 7.75. The maximum absolute atomic E-state index is 10.5. The van der Waals surface area contributed by atoms with E-state index < -0.39 is 0 Å². The minimum absolute atomic E-state index is 0.626. The summed E-state index contributed by atoms with van der Waals surface area (Å²) in [5, 5.41) is 15.1. The second kappa shape index (κ2) is 8.95. The Kier molecular flexibility index (Phi) is 5.10. The van der Waals surface area contributed by atoms with Crippen molar-refractivity contribution in [3.05, 3.63) is 133 Å². The summed E-state index contributed by atoms with van der Waals surface area (Å²) >= 11 is 1.81. The summed E-state index contributed by atoms with van der Waals surface area (Å²) in [7, 11) is 0. The highest BCUT2D eigenvalue weighted by molar-refractivity contribution is 7.26. The van der Waals surface area contributed by atoms with Gasteiger partial charge in [-0.3, -0.25) is 0 Å². The van der Waals surface area contributed by atoms with E-state index in [-0.39, 0.29) is 0 Å². The molecule has 0 radical (unpaired) electrons. The van der Waals surface area contributed by atoms with Crippen LogP contribution in [0.15, 0.2) is 132 Å². The molecule has 0 aliphatic heterocycles. The molecule has 0 aliphatic carbocycles. The number of para-hydroxylation sites is 2. The molecule has 0 bridgehead atoms. The monoisotopic (exact) mass is 527 g/mol. The molecule has 0 fully saturated rings. The zero-order chi connectivity index (χ0) is 26.6. The van der Waals surface area contributed by atoms with E-state index in [9.17, 15) is 5.26 Å². The quantitative estimate of drug-likeness (QED) is 0.229. The van der Waals surface area contributed by atoms with Gasteiger partial charge in [0.15, 0.2) is 0 Å². The van der Waals surface area contributed by atoms with E-state index in [0.717, 1.165) is 55.3 Å². The number of hydrogen-bond acceptors (Lipinski definition) is 3. The van der Waals surface area contributed by atoms with Crippen molar-refractivity contribution in [2.24, 2.45) is 0 Å². The van der Waals surface area contributed by atoms with Gasteiger partial charge in [0, 0.05) is 47.6 Å². The summed E-state index contributed by atoms with van der Waals surface area (Å²) in [6.07, 6.45) is 0. The first-order valence-electron chi connectivity index (χ1n) is 13.2. The molecule has 6 aromatic carbocycles. The molecule has 40 heavy (non-hydrogen) atoms. The highest BCUT2D eigenvalue weighted by Crippen LogP contribution is 2.45. The van der Waals surface area contributed by atoms with Crippen LogP contribution in [0, 0.1) is 11.3 Å². The number of nitriles is 1. The lowest BCUT2D eigenvalue weighted by Crippen LogP contribution is -1.92. The highest BCUT2D eigenvalue weighted by Gasteiger charge is 2.20. The summed E-state index contributed by atoms with van der Waals surface area (Å²) in [5.41, 5.74) is 8.47. The molecule has 8 aromatic rings. The second-order valence-electron chi connectivity index (χ2n) is 9.98. The van der Waals surface area contributed by atoms with Gasteiger partial charge in [0.25, 0.3) is 0 Å². The van der Waals surface area contributed by atoms with Crippen LogP contribution < -0.4 is 0 Å². The third kappa shape index (κ3) is 3.41. The van der Waals surface area contributed by atoms with Gasteiger partial charge in [-0.15, -0.1) is 11.3 Å². The molecule has 8 rings (SSSR count). The number of thiophene rings is 1. The molecule has 0 saturated heterocycles. The van der Waals surface area contributed by atoms with Crippen molar-refractivity contribution in [1.29, 1.82) is 5.26 Å². The van der Waals surface area contributed by atoms with Crippen molar-refractivity contribution >= 4 is 53.4 Å². The zero-order valence-electron chi connectivity index (χ0n) is 21.4. The van der Waals surface area contributed by atoms with E-state index in [1.54, 1.807) is 0 Å². The first-order valence-corrected chi connectivity index (χ1v) is 14.1. The summed E-state index contributed by atoms with van der Waals surface area (Å²) in [5.74, 6) is 0. The smallest absolute Gasteiger partial charge is 0.143 e. The first kappa shape index (κ1) is 22.8. The van der Waals surface area contributed by atoms with Crippen LogP contribution in [-0.2, 0) is 0 Å². The van der Waals surface area contributed by atoms with Crippen molar-refractivity contribution in [1.82, 2.24) is 0 Å². The van der Waals surface area contributed by atoms with Crippen LogP contribution in [0.1, 0.15) is 5.56 Å². The average Bonchev–Trinajstić information content (AvgIpc) is 3.59. The molecule has 0 atom stereocenters. The Labute approximate surface area is 235 Å². The number of nitrogens with zero attached hydrogens (tertiary/aromatic N) is 1. The van der Waals surface area contributed by atoms with Crippen molar-refractivity contribution in [3.63, 3.8) is 0 Å². The molecule has 186 valence electrons. The van der Waals surface area contributed by atoms with Gasteiger partial charge in [-0.25, -0.2) is 0 Å². The third-order valence-corrected chi connectivity index (χ3v) is 8.97. The molecule has 2 nitrogen and oxygen atoms in total. The lowest BCUT2D eigenvalue weighted by molar-refractivity contribution is 0.670. The molecule has 0 saturated carbocycles. The summed E-state index contributed by atoms with van der Waals surface area (Å²) in [4.78, 5) is 0. The van der Waals surface area contributed by atoms with Crippen molar-refractivity contribution in [3.8, 4) is 39.4 Å². The van der Waals surface area contributed by atoms with E-state index in [2.05, 4.69) is 109 Å². The standard InChI is InChI=1S/C37H21NOS/c38-22-24-20-33(30-17-9-16-29-26-13-5-7-19-35(26)40-37(29)30)31(23-10-2-1-3-11-23)21-32(24)28-15-8-14-27-25-12-4-6-18-34(25)39-36(27)28/h1-21H. The summed E-state index contributed by atoms with van der Waals surface area (Å²) in [6, 6.07) is 46.6. The topological polar surface area (TPSA) is 36.9 Å². The fourth-order valence-corrected chi connectivity index (χ4v) is 7.14.